The van der Waals surface area contributed by atoms with E-state index in [1.807, 2.05) is 0 Å². The minimum atomic E-state index is -0.202. The Balaban J connectivity index is 0.966. The first kappa shape index (κ1) is 37.7. The third-order valence-electron chi connectivity index (χ3n) is 14.7. The van der Waals surface area contributed by atoms with E-state index in [2.05, 4.69) is 210 Å². The van der Waals surface area contributed by atoms with Crippen molar-refractivity contribution in [1.82, 2.24) is 16.0 Å². The lowest BCUT2D eigenvalue weighted by atomic mass is 9.80. The maximum absolute atomic E-state index is 7.19. The molecule has 4 heteroatoms. The summed E-state index contributed by atoms with van der Waals surface area (Å²) < 4.78 is 7.19. The van der Waals surface area contributed by atoms with Crippen LogP contribution in [0.25, 0.3) is 44.2 Å². The lowest BCUT2D eigenvalue weighted by Crippen LogP contribution is -2.54. The van der Waals surface area contributed by atoms with Crippen LogP contribution < -0.4 is 20.7 Å². The highest BCUT2D eigenvalue weighted by Crippen LogP contribution is 2.53. The van der Waals surface area contributed by atoms with Gasteiger partial charge in [0.2, 0.25) is 0 Å². The van der Waals surface area contributed by atoms with Crippen molar-refractivity contribution in [1.29, 1.82) is 0 Å². The summed E-state index contributed by atoms with van der Waals surface area (Å²) in [5.74, 6) is 1.34. The Labute approximate surface area is 375 Å². The van der Waals surface area contributed by atoms with Gasteiger partial charge in [0.25, 0.3) is 0 Å². The van der Waals surface area contributed by atoms with Crippen LogP contribution in [-0.4, -0.2) is 6.10 Å². The zero-order valence-corrected chi connectivity index (χ0v) is 35.7. The number of benzene rings is 8. The minimum Gasteiger partial charge on any atom is -0.485 e. The van der Waals surface area contributed by atoms with Crippen LogP contribution in [-0.2, 0) is 19.3 Å². The van der Waals surface area contributed by atoms with Crippen molar-refractivity contribution in [2.45, 2.75) is 62.1 Å². The molecule has 310 valence electrons. The highest BCUT2D eigenvalue weighted by molar-refractivity contribution is 5.90. The third kappa shape index (κ3) is 6.39. The molecular formula is C60H49N3O. The van der Waals surface area contributed by atoms with Gasteiger partial charge in [0.15, 0.2) is 0 Å². The summed E-state index contributed by atoms with van der Waals surface area (Å²) in [6, 6.07) is 63.4. The van der Waals surface area contributed by atoms with Crippen molar-refractivity contribution in [3.8, 4) is 39.1 Å². The summed E-state index contributed by atoms with van der Waals surface area (Å²) >= 11 is 0. The highest BCUT2D eigenvalue weighted by atomic mass is 16.5. The van der Waals surface area contributed by atoms with Gasteiger partial charge in [-0.3, -0.25) is 16.0 Å². The number of hydrogen-bond donors (Lipinski definition) is 3. The molecule has 5 aliphatic rings. The Morgan fingerprint density at radius 2 is 1.09 bits per heavy atom. The van der Waals surface area contributed by atoms with E-state index in [9.17, 15) is 0 Å². The fourth-order valence-corrected chi connectivity index (χ4v) is 11.6. The van der Waals surface area contributed by atoms with Crippen LogP contribution in [0.5, 0.6) is 5.75 Å². The molecule has 2 aliphatic heterocycles. The smallest absolute Gasteiger partial charge is 0.128 e. The fourth-order valence-electron chi connectivity index (χ4n) is 11.6. The van der Waals surface area contributed by atoms with E-state index in [1.165, 1.54) is 94.2 Å². The Hall–Kier alpha value is -6.82. The molecule has 8 aromatic carbocycles. The predicted octanol–water partition coefficient (Wildman–Crippen LogP) is 13.2. The van der Waals surface area contributed by atoms with Crippen molar-refractivity contribution >= 4 is 10.8 Å². The fraction of sp³-hybridized carbons (Fsp3) is 0.167. The zero-order valence-electron chi connectivity index (χ0n) is 35.7. The molecule has 0 radical (unpaired) electrons. The Bertz CT molecular complexity index is 3180. The second kappa shape index (κ2) is 15.5. The number of ether oxygens (including phenoxy) is 1. The van der Waals surface area contributed by atoms with E-state index in [0.29, 0.717) is 0 Å². The Morgan fingerprint density at radius 1 is 0.422 bits per heavy atom. The molecular weight excluding hydrogens is 779 g/mol. The summed E-state index contributed by atoms with van der Waals surface area (Å²) in [5, 5.41) is 15.0. The number of nitrogens with one attached hydrogen (secondary N) is 3. The van der Waals surface area contributed by atoms with Gasteiger partial charge in [-0.25, -0.2) is 0 Å². The van der Waals surface area contributed by atoms with Crippen LogP contribution in [0, 0.1) is 0 Å². The first-order chi connectivity index (χ1) is 31.7. The maximum atomic E-state index is 7.19. The normalized spacial score (nSPS) is 22.6. The van der Waals surface area contributed by atoms with Gasteiger partial charge in [0.05, 0.1) is 18.5 Å². The monoisotopic (exact) mass is 827 g/mol. The Kier molecular flexibility index (Phi) is 9.11. The van der Waals surface area contributed by atoms with Gasteiger partial charge in [-0.1, -0.05) is 176 Å². The minimum absolute atomic E-state index is 0.0201. The second-order valence-electron chi connectivity index (χ2n) is 18.3. The molecule has 4 nitrogen and oxygen atoms in total. The van der Waals surface area contributed by atoms with Crippen LogP contribution in [0.4, 0.5) is 0 Å². The summed E-state index contributed by atoms with van der Waals surface area (Å²) in [4.78, 5) is 0. The molecule has 0 aromatic heterocycles. The molecule has 6 atom stereocenters. The van der Waals surface area contributed by atoms with E-state index in [-0.39, 0.29) is 36.4 Å². The van der Waals surface area contributed by atoms with Gasteiger partial charge < -0.3 is 4.74 Å². The average Bonchev–Trinajstić information content (AvgIpc) is 3.67. The summed E-state index contributed by atoms with van der Waals surface area (Å²) in [6.07, 6.45) is 12.4. The van der Waals surface area contributed by atoms with Gasteiger partial charge in [-0.05, 0) is 127 Å². The van der Waals surface area contributed by atoms with Crippen molar-refractivity contribution in [2.24, 2.45) is 0 Å². The van der Waals surface area contributed by atoms with E-state index in [1.54, 1.807) is 0 Å². The largest absolute Gasteiger partial charge is 0.485 e. The van der Waals surface area contributed by atoms with E-state index < -0.39 is 0 Å². The molecule has 0 spiro atoms. The number of aryl methyl sites for hydroxylation is 3. The number of fused-ring (bicyclic) bond motifs is 10. The number of hydrogen-bond acceptors (Lipinski definition) is 4. The molecule has 0 amide bonds. The molecule has 2 heterocycles. The first-order valence-corrected chi connectivity index (χ1v) is 23.1. The van der Waals surface area contributed by atoms with Crippen molar-refractivity contribution < 1.29 is 4.74 Å². The van der Waals surface area contributed by atoms with Crippen molar-refractivity contribution in [3.05, 3.63) is 244 Å². The summed E-state index contributed by atoms with van der Waals surface area (Å²) in [5.41, 5.74) is 19.7. The molecule has 1 saturated heterocycles. The third-order valence-corrected chi connectivity index (χ3v) is 14.7. The number of allylic oxidation sites excluding steroid dienone is 2. The summed E-state index contributed by atoms with van der Waals surface area (Å²) in [6.45, 7) is 0. The lowest BCUT2D eigenvalue weighted by Gasteiger charge is -2.41. The van der Waals surface area contributed by atoms with Crippen molar-refractivity contribution in [3.63, 3.8) is 0 Å². The SMILES string of the molecule is C1=CC2Oc3c(ccc(C4NC(c5cccc(-c6ccccc6)c5)NC(c5ccc6c(c5)CCc5ccccc5-6)N4)c3[C@@H]3CCc4cc5ccccc5cc4-c4ccccc43)C2C=C1. The molecule has 8 aromatic rings. The molecule has 3 aliphatic carbocycles. The molecule has 5 unspecified atom stereocenters. The standard InChI is InChI=1S/C60H49N3O/c1-2-13-37(14-3-1)39-18-12-19-44(34-39)58-61-59(45-28-29-47-42(35-45)26-25-38-15-6-7-20-46(38)47)63-60(62-58)53-32-31-52-50-23-10-11-24-55(50)64-57(52)56(53)51-30-27-43-33-40-16-4-5-17-41(40)36-54(43)49-22-9-8-21-48(49)51/h1-24,28-29,31-36,50-51,55,58-63H,25-27,30H2/t50?,51-,55?,58?,59?,60?/m1/s1. The average molecular weight is 828 g/mol. The van der Waals surface area contributed by atoms with Gasteiger partial charge in [-0.2, -0.15) is 0 Å². The molecule has 1 fully saturated rings. The first-order valence-electron chi connectivity index (χ1n) is 23.1. The van der Waals surface area contributed by atoms with E-state index >= 15 is 0 Å². The Morgan fingerprint density at radius 3 is 1.98 bits per heavy atom. The lowest BCUT2D eigenvalue weighted by molar-refractivity contribution is 0.201. The summed E-state index contributed by atoms with van der Waals surface area (Å²) in [7, 11) is 0. The molecule has 0 saturated carbocycles. The van der Waals surface area contributed by atoms with E-state index in [0.717, 1.165) is 31.4 Å². The van der Waals surface area contributed by atoms with E-state index in [4.69, 9.17) is 4.74 Å². The van der Waals surface area contributed by atoms with Crippen LogP contribution >= 0.6 is 0 Å². The highest BCUT2D eigenvalue weighted by Gasteiger charge is 2.41. The predicted molar refractivity (Wildman–Crippen MR) is 260 cm³/mol. The molecule has 0 bridgehead atoms. The topological polar surface area (TPSA) is 45.3 Å². The number of rotatable bonds is 5. The quantitative estimate of drug-likeness (QED) is 0.162. The van der Waals surface area contributed by atoms with Crippen LogP contribution in [0.15, 0.2) is 194 Å². The maximum Gasteiger partial charge on any atom is 0.128 e. The van der Waals surface area contributed by atoms with Gasteiger partial charge in [0, 0.05) is 23.0 Å². The molecule has 64 heavy (non-hydrogen) atoms. The van der Waals surface area contributed by atoms with Crippen LogP contribution in [0.2, 0.25) is 0 Å². The van der Waals surface area contributed by atoms with Crippen molar-refractivity contribution in [2.75, 3.05) is 0 Å². The molecule has 13 rings (SSSR count). The van der Waals surface area contributed by atoms with Gasteiger partial charge in [-0.15, -0.1) is 0 Å². The zero-order chi connectivity index (χ0) is 42.1. The second-order valence-corrected chi connectivity index (χ2v) is 18.3. The van der Waals surface area contributed by atoms with Gasteiger partial charge >= 0.3 is 0 Å². The molecule has 3 N–H and O–H groups in total. The van der Waals surface area contributed by atoms with Crippen LogP contribution in [0.1, 0.15) is 86.8 Å². The van der Waals surface area contributed by atoms with Gasteiger partial charge in [0.1, 0.15) is 11.9 Å². The van der Waals surface area contributed by atoms with Crippen LogP contribution in [0.3, 0.4) is 0 Å².